The van der Waals surface area contributed by atoms with Gasteiger partial charge in [-0.25, -0.2) is 0 Å². The molecule has 2 saturated heterocycles. The molecular formula is C17H25N3O. The number of carbonyl (C=O) groups is 1. The summed E-state index contributed by atoms with van der Waals surface area (Å²) in [6.07, 6.45) is 4.62. The van der Waals surface area contributed by atoms with Crippen molar-refractivity contribution >= 4 is 17.3 Å². The number of amides is 1. The average molecular weight is 287 g/mol. The van der Waals surface area contributed by atoms with Crippen LogP contribution in [0.2, 0.25) is 0 Å². The SMILES string of the molecule is CC1CCC(C(=O)Nc2ccc(N3CCCC3)cc2)CN1. The minimum atomic E-state index is 0.0967. The Morgan fingerprint density at radius 2 is 1.90 bits per heavy atom. The van der Waals surface area contributed by atoms with Gasteiger partial charge in [-0.05, 0) is 56.9 Å². The second-order valence-electron chi connectivity index (χ2n) is 6.31. The molecule has 1 aromatic carbocycles. The maximum atomic E-state index is 12.3. The highest BCUT2D eigenvalue weighted by molar-refractivity contribution is 5.92. The van der Waals surface area contributed by atoms with E-state index >= 15 is 0 Å². The van der Waals surface area contributed by atoms with E-state index in [0.717, 1.165) is 38.2 Å². The average Bonchev–Trinajstić information content (AvgIpc) is 3.03. The van der Waals surface area contributed by atoms with Crippen LogP contribution in [0.4, 0.5) is 11.4 Å². The van der Waals surface area contributed by atoms with Crippen molar-refractivity contribution in [3.8, 4) is 0 Å². The normalized spacial score (nSPS) is 25.9. The summed E-state index contributed by atoms with van der Waals surface area (Å²) < 4.78 is 0. The molecule has 0 aromatic heterocycles. The highest BCUT2D eigenvalue weighted by atomic mass is 16.1. The van der Waals surface area contributed by atoms with Gasteiger partial charge in [-0.2, -0.15) is 0 Å². The zero-order chi connectivity index (χ0) is 14.7. The van der Waals surface area contributed by atoms with E-state index in [2.05, 4.69) is 34.6 Å². The number of hydrogen-bond acceptors (Lipinski definition) is 3. The van der Waals surface area contributed by atoms with E-state index < -0.39 is 0 Å². The molecule has 4 nitrogen and oxygen atoms in total. The monoisotopic (exact) mass is 287 g/mol. The number of nitrogens with one attached hydrogen (secondary N) is 2. The standard InChI is InChI=1S/C17H25N3O/c1-13-4-5-14(12-18-13)17(21)19-15-6-8-16(9-7-15)20-10-2-3-11-20/h6-9,13-14,18H,2-5,10-12H2,1H3,(H,19,21). The number of hydrogen-bond donors (Lipinski definition) is 2. The van der Waals surface area contributed by atoms with E-state index in [9.17, 15) is 4.79 Å². The van der Waals surface area contributed by atoms with E-state index in [4.69, 9.17) is 0 Å². The van der Waals surface area contributed by atoms with Crippen LogP contribution >= 0.6 is 0 Å². The summed E-state index contributed by atoms with van der Waals surface area (Å²) in [4.78, 5) is 14.7. The summed E-state index contributed by atoms with van der Waals surface area (Å²) in [5, 5.41) is 6.42. The van der Waals surface area contributed by atoms with Gasteiger partial charge in [-0.15, -0.1) is 0 Å². The van der Waals surface area contributed by atoms with Crippen molar-refractivity contribution in [2.24, 2.45) is 5.92 Å². The second-order valence-corrected chi connectivity index (χ2v) is 6.31. The quantitative estimate of drug-likeness (QED) is 0.898. The second kappa shape index (κ2) is 6.48. The molecule has 0 saturated carbocycles. The fourth-order valence-electron chi connectivity index (χ4n) is 3.20. The zero-order valence-electron chi connectivity index (χ0n) is 12.8. The van der Waals surface area contributed by atoms with Gasteiger partial charge in [0.25, 0.3) is 0 Å². The minimum absolute atomic E-state index is 0.0967. The van der Waals surface area contributed by atoms with Crippen molar-refractivity contribution in [1.82, 2.24) is 5.32 Å². The van der Waals surface area contributed by atoms with Crippen molar-refractivity contribution in [1.29, 1.82) is 0 Å². The van der Waals surface area contributed by atoms with Crippen LogP contribution in [-0.4, -0.2) is 31.6 Å². The highest BCUT2D eigenvalue weighted by Gasteiger charge is 2.23. The van der Waals surface area contributed by atoms with Gasteiger partial charge in [0.05, 0.1) is 5.92 Å². The van der Waals surface area contributed by atoms with Gasteiger partial charge in [0.1, 0.15) is 0 Å². The molecule has 114 valence electrons. The molecule has 1 amide bonds. The van der Waals surface area contributed by atoms with Crippen LogP contribution < -0.4 is 15.5 Å². The molecule has 4 heteroatoms. The number of carbonyl (C=O) groups excluding carboxylic acids is 1. The molecule has 0 aliphatic carbocycles. The van der Waals surface area contributed by atoms with E-state index in [0.29, 0.717) is 6.04 Å². The van der Waals surface area contributed by atoms with Gasteiger partial charge in [-0.1, -0.05) is 0 Å². The van der Waals surface area contributed by atoms with E-state index in [1.807, 2.05) is 12.1 Å². The van der Waals surface area contributed by atoms with Gasteiger partial charge < -0.3 is 15.5 Å². The minimum Gasteiger partial charge on any atom is -0.372 e. The smallest absolute Gasteiger partial charge is 0.228 e. The Kier molecular flexibility index (Phi) is 4.44. The lowest BCUT2D eigenvalue weighted by Crippen LogP contribution is -2.41. The van der Waals surface area contributed by atoms with Gasteiger partial charge in [0, 0.05) is 37.1 Å². The van der Waals surface area contributed by atoms with E-state index in [1.165, 1.54) is 18.5 Å². The Morgan fingerprint density at radius 3 is 2.52 bits per heavy atom. The number of piperidine rings is 1. The lowest BCUT2D eigenvalue weighted by molar-refractivity contribution is -0.120. The van der Waals surface area contributed by atoms with Crippen LogP contribution in [0.1, 0.15) is 32.6 Å². The Hall–Kier alpha value is -1.55. The lowest BCUT2D eigenvalue weighted by Gasteiger charge is -2.26. The molecule has 2 aliphatic rings. The molecule has 0 bridgehead atoms. The first-order valence-electron chi connectivity index (χ1n) is 8.11. The summed E-state index contributed by atoms with van der Waals surface area (Å²) in [6.45, 7) is 5.26. The van der Waals surface area contributed by atoms with Gasteiger partial charge in [-0.3, -0.25) is 4.79 Å². The predicted molar refractivity (Wildman–Crippen MR) is 86.7 cm³/mol. The van der Waals surface area contributed by atoms with Gasteiger partial charge in [0.2, 0.25) is 5.91 Å². The summed E-state index contributed by atoms with van der Waals surface area (Å²) in [7, 11) is 0. The topological polar surface area (TPSA) is 44.4 Å². The Labute approximate surface area is 126 Å². The van der Waals surface area contributed by atoms with Crippen molar-refractivity contribution in [2.75, 3.05) is 29.9 Å². The molecule has 2 unspecified atom stereocenters. The van der Waals surface area contributed by atoms with Crippen molar-refractivity contribution in [3.05, 3.63) is 24.3 Å². The molecular weight excluding hydrogens is 262 g/mol. The third-order valence-corrected chi connectivity index (χ3v) is 4.64. The number of anilines is 2. The molecule has 0 spiro atoms. The summed E-state index contributed by atoms with van der Waals surface area (Å²) in [5.74, 6) is 0.239. The van der Waals surface area contributed by atoms with Crippen LogP contribution in [-0.2, 0) is 4.79 Å². The highest BCUT2D eigenvalue weighted by Crippen LogP contribution is 2.23. The lowest BCUT2D eigenvalue weighted by atomic mass is 9.95. The van der Waals surface area contributed by atoms with Crippen LogP contribution in [0.15, 0.2) is 24.3 Å². The molecule has 2 fully saturated rings. The molecule has 2 heterocycles. The van der Waals surface area contributed by atoms with Crippen molar-refractivity contribution < 1.29 is 4.79 Å². The third kappa shape index (κ3) is 3.56. The van der Waals surface area contributed by atoms with Gasteiger partial charge >= 0.3 is 0 Å². The summed E-state index contributed by atoms with van der Waals surface area (Å²) in [5.41, 5.74) is 2.17. The molecule has 1 aromatic rings. The Balaban J connectivity index is 1.56. The summed E-state index contributed by atoms with van der Waals surface area (Å²) in [6, 6.07) is 8.80. The first-order valence-corrected chi connectivity index (χ1v) is 8.11. The largest absolute Gasteiger partial charge is 0.372 e. The number of rotatable bonds is 3. The van der Waals surface area contributed by atoms with Crippen molar-refractivity contribution in [3.63, 3.8) is 0 Å². The van der Waals surface area contributed by atoms with Crippen LogP contribution in [0.5, 0.6) is 0 Å². The summed E-state index contributed by atoms with van der Waals surface area (Å²) >= 11 is 0. The Bertz CT molecular complexity index is 471. The first-order chi connectivity index (χ1) is 10.2. The van der Waals surface area contributed by atoms with Crippen LogP contribution in [0.25, 0.3) is 0 Å². The zero-order valence-corrected chi connectivity index (χ0v) is 12.8. The van der Waals surface area contributed by atoms with Crippen molar-refractivity contribution in [2.45, 2.75) is 38.6 Å². The van der Waals surface area contributed by atoms with E-state index in [-0.39, 0.29) is 11.8 Å². The van der Waals surface area contributed by atoms with E-state index in [1.54, 1.807) is 0 Å². The maximum absolute atomic E-state index is 12.3. The molecule has 3 rings (SSSR count). The van der Waals surface area contributed by atoms with Gasteiger partial charge in [0.15, 0.2) is 0 Å². The van der Waals surface area contributed by atoms with Crippen LogP contribution in [0, 0.1) is 5.92 Å². The van der Waals surface area contributed by atoms with Crippen LogP contribution in [0.3, 0.4) is 0 Å². The molecule has 2 atom stereocenters. The molecule has 2 aliphatic heterocycles. The number of benzene rings is 1. The maximum Gasteiger partial charge on any atom is 0.228 e. The Morgan fingerprint density at radius 1 is 1.19 bits per heavy atom. The fraction of sp³-hybridized carbons (Fsp3) is 0.588. The fourth-order valence-corrected chi connectivity index (χ4v) is 3.20. The predicted octanol–water partition coefficient (Wildman–Crippen LogP) is 2.61. The molecule has 0 radical (unpaired) electrons. The molecule has 2 N–H and O–H groups in total. The molecule has 21 heavy (non-hydrogen) atoms. The third-order valence-electron chi connectivity index (χ3n) is 4.64. The number of nitrogens with zero attached hydrogens (tertiary/aromatic N) is 1. The first kappa shape index (κ1) is 14.4.